The maximum Gasteiger partial charge on any atom is 0.308 e. The van der Waals surface area contributed by atoms with Crippen LogP contribution in [0.3, 0.4) is 0 Å². The fourth-order valence-electron chi connectivity index (χ4n) is 1.40. The summed E-state index contributed by atoms with van der Waals surface area (Å²) in [6.07, 6.45) is -0.685. The number of benzene rings is 1. The molecule has 0 aliphatic rings. The number of methoxy groups -OCH3 is 1. The van der Waals surface area contributed by atoms with E-state index in [9.17, 15) is 9.90 Å². The Labute approximate surface area is 111 Å². The molecule has 1 rings (SSSR count). The lowest BCUT2D eigenvalue weighted by Gasteiger charge is -2.11. The zero-order valence-corrected chi connectivity index (χ0v) is 11.4. The first-order chi connectivity index (χ1) is 8.67. The van der Waals surface area contributed by atoms with Gasteiger partial charge >= 0.3 is 5.97 Å². The van der Waals surface area contributed by atoms with Crippen LogP contribution in [0.15, 0.2) is 29.2 Å². The lowest BCUT2D eigenvalue weighted by molar-refractivity contribution is -0.144. The fraction of sp³-hybridized carbons (Fsp3) is 0.462. The number of thioether (sulfide) groups is 1. The number of carbonyl (C=O) groups is 1. The number of ether oxygens (including phenoxy) is 2. The van der Waals surface area contributed by atoms with Crippen molar-refractivity contribution in [2.24, 2.45) is 0 Å². The molecule has 0 amide bonds. The largest absolute Gasteiger partial charge is 0.496 e. The van der Waals surface area contributed by atoms with E-state index in [1.807, 2.05) is 24.3 Å². The minimum absolute atomic E-state index is 0.0238. The number of hydrogen-bond donors (Lipinski definition) is 1. The van der Waals surface area contributed by atoms with Crippen LogP contribution in [0, 0.1) is 0 Å². The second-order valence-electron chi connectivity index (χ2n) is 3.62. The van der Waals surface area contributed by atoms with Crippen molar-refractivity contribution in [1.82, 2.24) is 0 Å². The van der Waals surface area contributed by atoms with Crippen LogP contribution in [0.1, 0.15) is 13.3 Å². The Kier molecular flexibility index (Phi) is 6.60. The monoisotopic (exact) mass is 270 g/mol. The standard InChI is InChI=1S/C13H18O4S/c1-3-17-13(15)8-10(14)9-18-12-7-5-4-6-11(12)16-2/h4-7,10,14H,3,8-9H2,1-2H3. The van der Waals surface area contributed by atoms with E-state index in [0.717, 1.165) is 10.6 Å². The van der Waals surface area contributed by atoms with Gasteiger partial charge in [-0.05, 0) is 19.1 Å². The Hall–Kier alpha value is -1.20. The van der Waals surface area contributed by atoms with Crippen LogP contribution < -0.4 is 4.74 Å². The fourth-order valence-corrected chi connectivity index (χ4v) is 2.35. The van der Waals surface area contributed by atoms with Crippen molar-refractivity contribution in [3.8, 4) is 5.75 Å². The molecule has 1 atom stereocenters. The molecule has 100 valence electrons. The zero-order valence-electron chi connectivity index (χ0n) is 10.6. The van der Waals surface area contributed by atoms with E-state index in [4.69, 9.17) is 9.47 Å². The third-order valence-electron chi connectivity index (χ3n) is 2.21. The van der Waals surface area contributed by atoms with Gasteiger partial charge in [-0.2, -0.15) is 0 Å². The van der Waals surface area contributed by atoms with Crippen molar-refractivity contribution in [2.45, 2.75) is 24.3 Å². The molecule has 1 N–H and O–H groups in total. The van der Waals surface area contributed by atoms with E-state index in [0.29, 0.717) is 12.4 Å². The minimum atomic E-state index is -0.709. The first kappa shape index (κ1) is 14.9. The number of aliphatic hydroxyl groups is 1. The minimum Gasteiger partial charge on any atom is -0.496 e. The van der Waals surface area contributed by atoms with Crippen molar-refractivity contribution >= 4 is 17.7 Å². The van der Waals surface area contributed by atoms with E-state index < -0.39 is 6.10 Å². The predicted octanol–water partition coefficient (Wildman–Crippen LogP) is 2.10. The van der Waals surface area contributed by atoms with Crippen molar-refractivity contribution in [1.29, 1.82) is 0 Å². The van der Waals surface area contributed by atoms with Gasteiger partial charge in [0.25, 0.3) is 0 Å². The van der Waals surface area contributed by atoms with Gasteiger partial charge in [0.1, 0.15) is 5.75 Å². The Morgan fingerprint density at radius 1 is 1.44 bits per heavy atom. The second kappa shape index (κ2) is 8.00. The van der Waals surface area contributed by atoms with E-state index in [1.54, 1.807) is 14.0 Å². The summed E-state index contributed by atoms with van der Waals surface area (Å²) in [4.78, 5) is 12.1. The van der Waals surface area contributed by atoms with Crippen LogP contribution in [0.25, 0.3) is 0 Å². The first-order valence-electron chi connectivity index (χ1n) is 5.76. The Bertz CT molecular complexity index is 381. The number of carbonyl (C=O) groups excluding carboxylic acids is 1. The summed E-state index contributed by atoms with van der Waals surface area (Å²) in [5, 5.41) is 9.71. The maximum absolute atomic E-state index is 11.2. The molecular formula is C13H18O4S. The number of rotatable bonds is 7. The molecule has 5 heteroatoms. The van der Waals surface area contributed by atoms with Gasteiger partial charge in [0.15, 0.2) is 0 Å². The molecule has 1 aromatic rings. The Morgan fingerprint density at radius 3 is 2.83 bits per heavy atom. The summed E-state index contributed by atoms with van der Waals surface area (Å²) in [6.45, 7) is 2.08. The van der Waals surface area contributed by atoms with E-state index in [2.05, 4.69) is 0 Å². The third-order valence-corrected chi connectivity index (χ3v) is 3.41. The molecule has 0 aromatic heterocycles. The molecule has 0 heterocycles. The first-order valence-corrected chi connectivity index (χ1v) is 6.75. The summed E-state index contributed by atoms with van der Waals surface area (Å²) in [5.74, 6) is 0.829. The number of hydrogen-bond acceptors (Lipinski definition) is 5. The van der Waals surface area contributed by atoms with Crippen molar-refractivity contribution in [3.63, 3.8) is 0 Å². The highest BCUT2D eigenvalue weighted by atomic mass is 32.2. The molecule has 0 aliphatic carbocycles. The van der Waals surface area contributed by atoms with Crippen molar-refractivity contribution < 1.29 is 19.4 Å². The zero-order chi connectivity index (χ0) is 13.4. The summed E-state index contributed by atoms with van der Waals surface area (Å²) >= 11 is 1.46. The second-order valence-corrected chi connectivity index (χ2v) is 4.69. The molecule has 0 saturated carbocycles. The molecule has 1 unspecified atom stereocenters. The average Bonchev–Trinajstić information content (AvgIpc) is 2.37. The highest BCUT2D eigenvalue weighted by Crippen LogP contribution is 2.29. The van der Waals surface area contributed by atoms with Gasteiger partial charge in [0.05, 0.1) is 26.2 Å². The molecule has 0 aliphatic heterocycles. The van der Waals surface area contributed by atoms with Gasteiger partial charge in [-0.3, -0.25) is 4.79 Å². The molecule has 18 heavy (non-hydrogen) atoms. The summed E-state index contributed by atoms with van der Waals surface area (Å²) in [6, 6.07) is 7.57. The predicted molar refractivity (Wildman–Crippen MR) is 71.0 cm³/mol. The molecule has 4 nitrogen and oxygen atoms in total. The Balaban J connectivity index is 2.42. The van der Waals surface area contributed by atoms with Crippen LogP contribution in [0.5, 0.6) is 5.75 Å². The van der Waals surface area contributed by atoms with Gasteiger partial charge < -0.3 is 14.6 Å². The van der Waals surface area contributed by atoms with Crippen LogP contribution >= 0.6 is 11.8 Å². The van der Waals surface area contributed by atoms with Crippen molar-refractivity contribution in [2.75, 3.05) is 19.5 Å². The highest BCUT2D eigenvalue weighted by molar-refractivity contribution is 7.99. The number of para-hydroxylation sites is 1. The van der Waals surface area contributed by atoms with Gasteiger partial charge in [-0.25, -0.2) is 0 Å². The number of esters is 1. The molecular weight excluding hydrogens is 252 g/mol. The molecule has 0 radical (unpaired) electrons. The Morgan fingerprint density at radius 2 is 2.17 bits per heavy atom. The highest BCUT2D eigenvalue weighted by Gasteiger charge is 2.13. The van der Waals surface area contributed by atoms with Crippen LogP contribution in [0.2, 0.25) is 0 Å². The number of aliphatic hydroxyl groups excluding tert-OH is 1. The lowest BCUT2D eigenvalue weighted by Crippen LogP contribution is -2.17. The molecule has 1 aromatic carbocycles. The third kappa shape index (κ3) is 4.98. The van der Waals surface area contributed by atoms with Gasteiger partial charge in [-0.1, -0.05) is 12.1 Å². The topological polar surface area (TPSA) is 55.8 Å². The van der Waals surface area contributed by atoms with E-state index >= 15 is 0 Å². The SMILES string of the molecule is CCOC(=O)CC(O)CSc1ccccc1OC. The smallest absolute Gasteiger partial charge is 0.308 e. The summed E-state index contributed by atoms with van der Waals surface area (Å²) in [7, 11) is 1.61. The van der Waals surface area contributed by atoms with E-state index in [1.165, 1.54) is 11.8 Å². The summed E-state index contributed by atoms with van der Waals surface area (Å²) in [5.41, 5.74) is 0. The van der Waals surface area contributed by atoms with E-state index in [-0.39, 0.29) is 12.4 Å². The molecule has 0 bridgehead atoms. The molecule has 0 fully saturated rings. The normalized spacial score (nSPS) is 11.9. The van der Waals surface area contributed by atoms with Crippen LogP contribution in [-0.2, 0) is 9.53 Å². The van der Waals surface area contributed by atoms with Crippen LogP contribution in [0.4, 0.5) is 0 Å². The lowest BCUT2D eigenvalue weighted by atomic mass is 10.3. The van der Waals surface area contributed by atoms with Crippen molar-refractivity contribution in [3.05, 3.63) is 24.3 Å². The molecule has 0 saturated heterocycles. The maximum atomic E-state index is 11.2. The van der Waals surface area contributed by atoms with Gasteiger partial charge in [-0.15, -0.1) is 11.8 Å². The quantitative estimate of drug-likeness (QED) is 0.607. The van der Waals surface area contributed by atoms with Gasteiger partial charge in [0.2, 0.25) is 0 Å². The van der Waals surface area contributed by atoms with Crippen LogP contribution in [-0.4, -0.2) is 36.6 Å². The molecule has 0 spiro atoms. The summed E-state index contributed by atoms with van der Waals surface area (Å²) < 4.78 is 9.98. The average molecular weight is 270 g/mol. The van der Waals surface area contributed by atoms with Gasteiger partial charge in [0, 0.05) is 10.6 Å².